The summed E-state index contributed by atoms with van der Waals surface area (Å²) in [5.41, 5.74) is 7.06. The van der Waals surface area contributed by atoms with Gasteiger partial charge in [-0.3, -0.25) is 0 Å². The van der Waals surface area contributed by atoms with Crippen molar-refractivity contribution in [2.75, 3.05) is 6.54 Å². The second-order valence-corrected chi connectivity index (χ2v) is 5.27. The Kier molecular flexibility index (Phi) is 4.89. The molecule has 0 bridgehead atoms. The summed E-state index contributed by atoms with van der Waals surface area (Å²) in [6.07, 6.45) is 1.13. The molecule has 14 heavy (non-hydrogen) atoms. The van der Waals surface area contributed by atoms with Gasteiger partial charge in [0.15, 0.2) is 0 Å². The minimum absolute atomic E-state index is 0.606. The molecule has 0 saturated carbocycles. The van der Waals surface area contributed by atoms with Crippen molar-refractivity contribution in [3.63, 3.8) is 0 Å². The minimum atomic E-state index is 0.606. The molecule has 1 rings (SSSR count). The predicted octanol–water partition coefficient (Wildman–Crippen LogP) is 3.06. The molecule has 0 aromatic heterocycles. The molecule has 0 aliphatic heterocycles. The van der Waals surface area contributed by atoms with Gasteiger partial charge >= 0.3 is 0 Å². The average Bonchev–Trinajstić information content (AvgIpc) is 2.20. The van der Waals surface area contributed by atoms with Gasteiger partial charge in [-0.2, -0.15) is 0 Å². The molecule has 2 N–H and O–H groups in total. The molecule has 0 fully saturated rings. The monoisotopic (exact) mass is 303 g/mol. The summed E-state index contributed by atoms with van der Waals surface area (Å²) in [4.78, 5) is 0. The van der Waals surface area contributed by atoms with Gasteiger partial charge in [0.05, 0.1) is 0 Å². The van der Waals surface area contributed by atoms with Crippen molar-refractivity contribution in [3.8, 4) is 0 Å². The third kappa shape index (κ3) is 3.58. The second-order valence-electron chi connectivity index (χ2n) is 4.02. The predicted molar refractivity (Wildman–Crippen MR) is 70.2 cm³/mol. The van der Waals surface area contributed by atoms with Gasteiger partial charge in [0.1, 0.15) is 0 Å². The van der Waals surface area contributed by atoms with Crippen LogP contribution in [0.2, 0.25) is 0 Å². The molecule has 2 heteroatoms. The van der Waals surface area contributed by atoms with Gasteiger partial charge in [-0.15, -0.1) is 0 Å². The summed E-state index contributed by atoms with van der Waals surface area (Å²) in [6, 6.07) is 8.74. The van der Waals surface area contributed by atoms with Crippen molar-refractivity contribution < 1.29 is 0 Å². The fraction of sp³-hybridized carbons (Fsp3) is 0.500. The van der Waals surface area contributed by atoms with Gasteiger partial charge in [-0.25, -0.2) is 0 Å². The Balaban J connectivity index is 2.56. The van der Waals surface area contributed by atoms with Crippen LogP contribution in [0.25, 0.3) is 0 Å². The summed E-state index contributed by atoms with van der Waals surface area (Å²) in [5.74, 6) is 1.27. The maximum absolute atomic E-state index is 5.65. The van der Waals surface area contributed by atoms with E-state index in [9.17, 15) is 0 Å². The zero-order valence-electron chi connectivity index (χ0n) is 8.83. The molecule has 0 spiro atoms. The summed E-state index contributed by atoms with van der Waals surface area (Å²) < 4.78 is 1.30. The van der Waals surface area contributed by atoms with Crippen LogP contribution in [0.15, 0.2) is 24.3 Å². The molecule has 78 valence electrons. The standard InChI is InChI=1S/C12H18IN/c1-9(10(2)8-14)7-11-3-5-12(13)6-4-11/h3-6,9-10H,7-8,14H2,1-2H3. The lowest BCUT2D eigenvalue weighted by molar-refractivity contribution is 0.394. The van der Waals surface area contributed by atoms with Gasteiger partial charge in [0, 0.05) is 3.57 Å². The zero-order chi connectivity index (χ0) is 10.6. The van der Waals surface area contributed by atoms with Crippen LogP contribution in [-0.4, -0.2) is 6.54 Å². The highest BCUT2D eigenvalue weighted by Crippen LogP contribution is 2.17. The Bertz CT molecular complexity index is 268. The molecule has 0 radical (unpaired) electrons. The highest BCUT2D eigenvalue weighted by Gasteiger charge is 2.10. The summed E-state index contributed by atoms with van der Waals surface area (Å²) in [5, 5.41) is 0. The molecule has 0 aliphatic carbocycles. The molecule has 1 aromatic carbocycles. The van der Waals surface area contributed by atoms with E-state index in [4.69, 9.17) is 5.73 Å². The van der Waals surface area contributed by atoms with Crippen LogP contribution in [0.5, 0.6) is 0 Å². The zero-order valence-corrected chi connectivity index (χ0v) is 11.0. The van der Waals surface area contributed by atoms with Crippen LogP contribution >= 0.6 is 22.6 Å². The number of nitrogens with two attached hydrogens (primary N) is 1. The molecule has 0 amide bonds. The van der Waals surface area contributed by atoms with Crippen molar-refractivity contribution in [2.24, 2.45) is 17.6 Å². The first kappa shape index (κ1) is 12.0. The van der Waals surface area contributed by atoms with Gasteiger partial charge in [-0.05, 0) is 65.1 Å². The Morgan fingerprint density at radius 3 is 2.21 bits per heavy atom. The Morgan fingerprint density at radius 1 is 1.14 bits per heavy atom. The molecule has 2 unspecified atom stereocenters. The minimum Gasteiger partial charge on any atom is -0.330 e. The lowest BCUT2D eigenvalue weighted by Gasteiger charge is -2.17. The Morgan fingerprint density at radius 2 is 1.71 bits per heavy atom. The Hall–Kier alpha value is -0.0900. The van der Waals surface area contributed by atoms with Gasteiger partial charge < -0.3 is 5.73 Å². The SMILES string of the molecule is CC(CN)C(C)Cc1ccc(I)cc1. The van der Waals surface area contributed by atoms with Crippen LogP contribution in [0.1, 0.15) is 19.4 Å². The molecule has 2 atom stereocenters. The van der Waals surface area contributed by atoms with Crippen LogP contribution < -0.4 is 5.73 Å². The fourth-order valence-corrected chi connectivity index (χ4v) is 1.79. The molecule has 0 saturated heterocycles. The van der Waals surface area contributed by atoms with Crippen molar-refractivity contribution in [1.29, 1.82) is 0 Å². The first-order chi connectivity index (χ1) is 6.63. The molecular weight excluding hydrogens is 285 g/mol. The molecule has 0 heterocycles. The van der Waals surface area contributed by atoms with Crippen LogP contribution in [0, 0.1) is 15.4 Å². The number of halogens is 1. The van der Waals surface area contributed by atoms with Crippen molar-refractivity contribution in [3.05, 3.63) is 33.4 Å². The maximum Gasteiger partial charge on any atom is 0.0130 e. The molecule has 0 aliphatic rings. The Labute approximate surface area is 100 Å². The number of rotatable bonds is 4. The van der Waals surface area contributed by atoms with Crippen LogP contribution in [0.3, 0.4) is 0 Å². The number of hydrogen-bond donors (Lipinski definition) is 1. The van der Waals surface area contributed by atoms with Gasteiger partial charge in [0.2, 0.25) is 0 Å². The van der Waals surface area contributed by atoms with Crippen LogP contribution in [0.4, 0.5) is 0 Å². The normalized spacial score (nSPS) is 15.1. The van der Waals surface area contributed by atoms with E-state index in [1.54, 1.807) is 0 Å². The summed E-state index contributed by atoms with van der Waals surface area (Å²) in [6.45, 7) is 5.28. The van der Waals surface area contributed by atoms with Gasteiger partial charge in [0.25, 0.3) is 0 Å². The first-order valence-corrected chi connectivity index (χ1v) is 6.16. The summed E-state index contributed by atoms with van der Waals surface area (Å²) >= 11 is 2.33. The van der Waals surface area contributed by atoms with E-state index in [2.05, 4.69) is 60.7 Å². The van der Waals surface area contributed by atoms with E-state index in [-0.39, 0.29) is 0 Å². The van der Waals surface area contributed by atoms with E-state index in [1.807, 2.05) is 0 Å². The fourth-order valence-electron chi connectivity index (χ4n) is 1.43. The van der Waals surface area contributed by atoms with Crippen molar-refractivity contribution in [1.82, 2.24) is 0 Å². The lowest BCUT2D eigenvalue weighted by Crippen LogP contribution is -2.20. The highest BCUT2D eigenvalue weighted by atomic mass is 127. The van der Waals surface area contributed by atoms with E-state index < -0.39 is 0 Å². The maximum atomic E-state index is 5.65. The van der Waals surface area contributed by atoms with E-state index in [1.165, 1.54) is 9.13 Å². The smallest absolute Gasteiger partial charge is 0.0130 e. The van der Waals surface area contributed by atoms with Crippen molar-refractivity contribution in [2.45, 2.75) is 20.3 Å². The molecular formula is C12H18IN. The quantitative estimate of drug-likeness (QED) is 0.850. The lowest BCUT2D eigenvalue weighted by atomic mass is 9.90. The average molecular weight is 303 g/mol. The summed E-state index contributed by atoms with van der Waals surface area (Å²) in [7, 11) is 0. The third-order valence-electron chi connectivity index (χ3n) is 2.81. The van der Waals surface area contributed by atoms with E-state index in [0.717, 1.165) is 13.0 Å². The van der Waals surface area contributed by atoms with E-state index >= 15 is 0 Å². The number of hydrogen-bond acceptors (Lipinski definition) is 1. The second kappa shape index (κ2) is 5.71. The first-order valence-electron chi connectivity index (χ1n) is 5.08. The largest absolute Gasteiger partial charge is 0.330 e. The molecule has 1 aromatic rings. The van der Waals surface area contributed by atoms with E-state index in [0.29, 0.717) is 11.8 Å². The third-order valence-corrected chi connectivity index (χ3v) is 3.53. The van der Waals surface area contributed by atoms with Crippen LogP contribution in [-0.2, 0) is 6.42 Å². The topological polar surface area (TPSA) is 26.0 Å². The highest BCUT2D eigenvalue weighted by molar-refractivity contribution is 14.1. The van der Waals surface area contributed by atoms with Crippen molar-refractivity contribution >= 4 is 22.6 Å². The molecule has 1 nitrogen and oxygen atoms in total. The number of benzene rings is 1. The van der Waals surface area contributed by atoms with Gasteiger partial charge in [-0.1, -0.05) is 26.0 Å².